The molecule has 0 aromatic carbocycles. The summed E-state index contributed by atoms with van der Waals surface area (Å²) in [6, 6.07) is -0.0262. The summed E-state index contributed by atoms with van der Waals surface area (Å²) in [6.45, 7) is 0.793. The van der Waals surface area contributed by atoms with E-state index in [4.69, 9.17) is 5.73 Å². The topological polar surface area (TPSA) is 92.1 Å². The third-order valence-corrected chi connectivity index (χ3v) is 3.78. The van der Waals surface area contributed by atoms with Crippen LogP contribution >= 0.6 is 0 Å². The van der Waals surface area contributed by atoms with Crippen LogP contribution in [0.25, 0.3) is 0 Å². The fourth-order valence-corrected chi connectivity index (χ4v) is 2.66. The third-order valence-electron chi connectivity index (χ3n) is 1.99. The van der Waals surface area contributed by atoms with Gasteiger partial charge in [0.15, 0.2) is 0 Å². The van der Waals surface area contributed by atoms with E-state index in [0.29, 0.717) is 13.1 Å². The molecule has 2 rings (SSSR count). The van der Waals surface area contributed by atoms with Crippen LogP contribution in [0.4, 0.5) is 0 Å². The molecule has 2 heterocycles. The van der Waals surface area contributed by atoms with E-state index in [1.54, 1.807) is 0 Å². The van der Waals surface area contributed by atoms with Gasteiger partial charge in [-0.15, -0.1) is 0 Å². The molecule has 72 valence electrons. The second-order valence-electron chi connectivity index (χ2n) is 3.02. The molecule has 0 radical (unpaired) electrons. The van der Waals surface area contributed by atoms with Crippen LogP contribution < -0.4 is 5.73 Å². The average Bonchev–Trinajstić information content (AvgIpc) is 2.50. The Morgan fingerprint density at radius 1 is 1.62 bits per heavy atom. The van der Waals surface area contributed by atoms with Gasteiger partial charge >= 0.3 is 0 Å². The first-order chi connectivity index (χ1) is 6.10. The van der Waals surface area contributed by atoms with E-state index in [2.05, 4.69) is 10.2 Å². The van der Waals surface area contributed by atoms with Crippen LogP contribution in [0.2, 0.25) is 0 Å². The number of aromatic amines is 1. The summed E-state index contributed by atoms with van der Waals surface area (Å²) in [5, 5.41) is 6.05. The van der Waals surface area contributed by atoms with Crippen molar-refractivity contribution in [2.24, 2.45) is 5.73 Å². The summed E-state index contributed by atoms with van der Waals surface area (Å²) >= 11 is 0. The average molecular weight is 202 g/mol. The Bertz CT molecular complexity index is 379. The second kappa shape index (κ2) is 2.79. The quantitative estimate of drug-likeness (QED) is 0.626. The Morgan fingerprint density at radius 3 is 2.77 bits per heavy atom. The van der Waals surface area contributed by atoms with Crippen LogP contribution in [0.15, 0.2) is 17.3 Å². The van der Waals surface area contributed by atoms with Gasteiger partial charge in [-0.3, -0.25) is 5.10 Å². The zero-order valence-electron chi connectivity index (χ0n) is 6.84. The van der Waals surface area contributed by atoms with Crippen molar-refractivity contribution in [3.8, 4) is 0 Å². The molecule has 7 heteroatoms. The summed E-state index contributed by atoms with van der Waals surface area (Å²) in [6.07, 6.45) is 2.65. The van der Waals surface area contributed by atoms with Gasteiger partial charge in [0, 0.05) is 25.3 Å². The van der Waals surface area contributed by atoms with Crippen LogP contribution in [0.5, 0.6) is 0 Å². The largest absolute Gasteiger partial charge is 0.325 e. The number of rotatable bonds is 2. The number of hydrogen-bond donors (Lipinski definition) is 2. The fraction of sp³-hybridized carbons (Fsp3) is 0.500. The molecule has 0 aliphatic carbocycles. The number of H-pyrrole nitrogens is 1. The summed E-state index contributed by atoms with van der Waals surface area (Å²) in [5.74, 6) is 0. The molecule has 0 unspecified atom stereocenters. The summed E-state index contributed by atoms with van der Waals surface area (Å²) in [5.41, 5.74) is 5.49. The molecule has 1 aromatic rings. The second-order valence-corrected chi connectivity index (χ2v) is 4.95. The number of hydrogen-bond acceptors (Lipinski definition) is 4. The molecule has 0 saturated carbocycles. The van der Waals surface area contributed by atoms with E-state index in [0.717, 1.165) is 0 Å². The molecule has 1 aromatic heterocycles. The number of sulfonamides is 1. The minimum absolute atomic E-state index is 0.0262. The Labute approximate surface area is 75.8 Å². The van der Waals surface area contributed by atoms with Gasteiger partial charge in [-0.25, -0.2) is 8.42 Å². The molecular formula is C6H10N4O2S. The number of nitrogens with zero attached hydrogens (tertiary/aromatic N) is 2. The van der Waals surface area contributed by atoms with Crippen molar-refractivity contribution >= 4 is 10.0 Å². The number of nitrogens with two attached hydrogens (primary N) is 1. The van der Waals surface area contributed by atoms with Gasteiger partial charge in [-0.05, 0) is 0 Å². The van der Waals surface area contributed by atoms with Crippen molar-refractivity contribution in [2.75, 3.05) is 13.1 Å². The van der Waals surface area contributed by atoms with Crippen molar-refractivity contribution in [3.63, 3.8) is 0 Å². The molecule has 1 aliphatic heterocycles. The molecule has 0 atom stereocenters. The van der Waals surface area contributed by atoms with Gasteiger partial charge < -0.3 is 5.73 Å². The first-order valence-corrected chi connectivity index (χ1v) is 5.29. The van der Waals surface area contributed by atoms with Crippen molar-refractivity contribution in [3.05, 3.63) is 12.4 Å². The monoisotopic (exact) mass is 202 g/mol. The lowest BCUT2D eigenvalue weighted by atomic mass is 10.2. The van der Waals surface area contributed by atoms with E-state index in [9.17, 15) is 8.42 Å². The third kappa shape index (κ3) is 1.34. The molecule has 0 amide bonds. The highest BCUT2D eigenvalue weighted by Gasteiger charge is 2.34. The SMILES string of the molecule is NC1CN(S(=O)(=O)c2cn[nH]c2)C1. The van der Waals surface area contributed by atoms with Crippen LogP contribution in [-0.2, 0) is 10.0 Å². The van der Waals surface area contributed by atoms with Crippen molar-refractivity contribution in [2.45, 2.75) is 10.9 Å². The number of nitrogens with one attached hydrogen (secondary N) is 1. The Hall–Kier alpha value is -0.920. The first-order valence-electron chi connectivity index (χ1n) is 3.85. The van der Waals surface area contributed by atoms with E-state index >= 15 is 0 Å². The maximum Gasteiger partial charge on any atom is 0.246 e. The lowest BCUT2D eigenvalue weighted by Crippen LogP contribution is -2.57. The zero-order valence-corrected chi connectivity index (χ0v) is 7.66. The summed E-state index contributed by atoms with van der Waals surface area (Å²) in [4.78, 5) is 0.194. The molecule has 1 fully saturated rings. The van der Waals surface area contributed by atoms with E-state index in [1.165, 1.54) is 16.7 Å². The Kier molecular flexibility index (Phi) is 1.86. The van der Waals surface area contributed by atoms with Gasteiger partial charge in [0.05, 0.1) is 6.20 Å². The lowest BCUT2D eigenvalue weighted by molar-refractivity contribution is 0.265. The van der Waals surface area contributed by atoms with E-state index < -0.39 is 10.0 Å². The minimum Gasteiger partial charge on any atom is -0.325 e. The van der Waals surface area contributed by atoms with Gasteiger partial charge in [0.2, 0.25) is 10.0 Å². The summed E-state index contributed by atoms with van der Waals surface area (Å²) in [7, 11) is -3.33. The molecule has 1 aliphatic rings. The normalized spacial score (nSPS) is 20.1. The van der Waals surface area contributed by atoms with Crippen molar-refractivity contribution in [1.29, 1.82) is 0 Å². The highest BCUT2D eigenvalue weighted by atomic mass is 32.2. The molecule has 0 spiro atoms. The Morgan fingerprint density at radius 2 is 2.31 bits per heavy atom. The minimum atomic E-state index is -3.33. The zero-order chi connectivity index (χ0) is 9.47. The number of aromatic nitrogens is 2. The predicted molar refractivity (Wildman–Crippen MR) is 45.3 cm³/mol. The van der Waals surface area contributed by atoms with Crippen molar-refractivity contribution < 1.29 is 8.42 Å². The maximum absolute atomic E-state index is 11.6. The molecular weight excluding hydrogens is 192 g/mol. The highest BCUT2D eigenvalue weighted by Crippen LogP contribution is 2.18. The van der Waals surface area contributed by atoms with Crippen LogP contribution in [0.3, 0.4) is 0 Å². The van der Waals surface area contributed by atoms with Gasteiger partial charge in [-0.2, -0.15) is 9.40 Å². The fourth-order valence-electron chi connectivity index (χ4n) is 1.20. The van der Waals surface area contributed by atoms with Crippen molar-refractivity contribution in [1.82, 2.24) is 14.5 Å². The first kappa shape index (κ1) is 8.67. The highest BCUT2D eigenvalue weighted by molar-refractivity contribution is 7.89. The molecule has 6 nitrogen and oxygen atoms in total. The molecule has 1 saturated heterocycles. The molecule has 0 bridgehead atoms. The van der Waals surface area contributed by atoms with Gasteiger partial charge in [-0.1, -0.05) is 0 Å². The van der Waals surface area contributed by atoms with Gasteiger partial charge in [0.1, 0.15) is 4.90 Å². The van der Waals surface area contributed by atoms with E-state index in [-0.39, 0.29) is 10.9 Å². The van der Waals surface area contributed by atoms with Crippen LogP contribution in [0.1, 0.15) is 0 Å². The van der Waals surface area contributed by atoms with Crippen LogP contribution in [0, 0.1) is 0 Å². The molecule has 13 heavy (non-hydrogen) atoms. The lowest BCUT2D eigenvalue weighted by Gasteiger charge is -2.35. The maximum atomic E-state index is 11.6. The summed E-state index contributed by atoms with van der Waals surface area (Å²) < 4.78 is 24.6. The van der Waals surface area contributed by atoms with E-state index in [1.807, 2.05) is 0 Å². The standard InChI is InChI=1S/C6H10N4O2S/c7-5-3-10(4-5)13(11,12)6-1-8-9-2-6/h1-2,5H,3-4,7H2,(H,8,9). The van der Waals surface area contributed by atoms with Gasteiger partial charge in [0.25, 0.3) is 0 Å². The predicted octanol–water partition coefficient (Wildman–Crippen LogP) is -1.26. The molecule has 3 N–H and O–H groups in total. The Balaban J connectivity index is 2.23. The smallest absolute Gasteiger partial charge is 0.246 e. The van der Waals surface area contributed by atoms with Crippen LogP contribution in [-0.4, -0.2) is 42.1 Å².